The van der Waals surface area contributed by atoms with Gasteiger partial charge in [0.15, 0.2) is 0 Å². The molecular formula is C21H28N2O5S. The topological polar surface area (TPSA) is 93.7 Å². The Balaban J connectivity index is 1.93. The van der Waals surface area contributed by atoms with Crippen molar-refractivity contribution in [2.45, 2.75) is 25.3 Å². The Morgan fingerprint density at radius 1 is 1.10 bits per heavy atom. The van der Waals surface area contributed by atoms with Crippen LogP contribution in [0, 0.1) is 5.92 Å². The van der Waals surface area contributed by atoms with E-state index in [2.05, 4.69) is 23.9 Å². The van der Waals surface area contributed by atoms with Crippen LogP contribution in [0.4, 0.5) is 0 Å². The summed E-state index contributed by atoms with van der Waals surface area (Å²) in [6.07, 6.45) is 0. The molecule has 0 unspecified atom stereocenters. The molecule has 0 aromatic heterocycles. The van der Waals surface area contributed by atoms with Gasteiger partial charge in [-0.15, -0.1) is 0 Å². The molecule has 0 atom stereocenters. The third kappa shape index (κ3) is 7.49. The van der Waals surface area contributed by atoms with Crippen molar-refractivity contribution < 1.29 is 22.7 Å². The highest BCUT2D eigenvalue weighted by molar-refractivity contribution is 7.89. The summed E-state index contributed by atoms with van der Waals surface area (Å²) in [6.45, 7) is 5.49. The van der Waals surface area contributed by atoms with Gasteiger partial charge in [-0.25, -0.2) is 13.1 Å². The summed E-state index contributed by atoms with van der Waals surface area (Å²) < 4.78 is 37.2. The number of methoxy groups -OCH3 is 1. The fraction of sp³-hybridized carbons (Fsp3) is 0.381. The van der Waals surface area contributed by atoms with Gasteiger partial charge in [0.1, 0.15) is 5.75 Å². The maximum Gasteiger partial charge on any atom is 0.251 e. The first kappa shape index (κ1) is 22.9. The van der Waals surface area contributed by atoms with Crippen LogP contribution in [0.25, 0.3) is 0 Å². The average Bonchev–Trinajstić information content (AvgIpc) is 2.71. The van der Waals surface area contributed by atoms with Gasteiger partial charge in [0.2, 0.25) is 10.0 Å². The van der Waals surface area contributed by atoms with Gasteiger partial charge in [0, 0.05) is 25.8 Å². The smallest absolute Gasteiger partial charge is 0.251 e. The van der Waals surface area contributed by atoms with Crippen LogP contribution in [-0.2, 0) is 21.3 Å². The molecule has 0 aliphatic carbocycles. The number of nitrogens with one attached hydrogen (secondary N) is 2. The van der Waals surface area contributed by atoms with E-state index < -0.39 is 10.0 Å². The Morgan fingerprint density at radius 2 is 1.83 bits per heavy atom. The fourth-order valence-corrected chi connectivity index (χ4v) is 3.44. The Bertz CT molecular complexity index is 896. The lowest BCUT2D eigenvalue weighted by Crippen LogP contribution is -2.27. The van der Waals surface area contributed by atoms with E-state index >= 15 is 0 Å². The minimum absolute atomic E-state index is 0.165. The van der Waals surface area contributed by atoms with E-state index in [1.54, 1.807) is 30.3 Å². The quantitative estimate of drug-likeness (QED) is 0.545. The van der Waals surface area contributed by atoms with Gasteiger partial charge in [-0.2, -0.15) is 0 Å². The fourth-order valence-electron chi connectivity index (χ4n) is 2.42. The second-order valence-corrected chi connectivity index (χ2v) is 8.72. The van der Waals surface area contributed by atoms with Gasteiger partial charge in [-0.05, 0) is 41.8 Å². The van der Waals surface area contributed by atoms with Crippen molar-refractivity contribution >= 4 is 15.9 Å². The summed E-state index contributed by atoms with van der Waals surface area (Å²) in [5.74, 6) is 0.828. The van der Waals surface area contributed by atoms with E-state index in [9.17, 15) is 13.2 Å². The van der Waals surface area contributed by atoms with Crippen LogP contribution < -0.4 is 14.8 Å². The molecule has 0 aliphatic rings. The van der Waals surface area contributed by atoms with Gasteiger partial charge in [-0.3, -0.25) is 4.79 Å². The van der Waals surface area contributed by atoms with Crippen molar-refractivity contribution in [3.8, 4) is 5.75 Å². The minimum Gasteiger partial charge on any atom is -0.493 e. The van der Waals surface area contributed by atoms with Gasteiger partial charge in [0.25, 0.3) is 5.91 Å². The van der Waals surface area contributed by atoms with E-state index in [1.807, 2.05) is 6.07 Å². The summed E-state index contributed by atoms with van der Waals surface area (Å²) in [6, 6.07) is 13.4. The van der Waals surface area contributed by atoms with E-state index in [0.717, 1.165) is 5.56 Å². The monoisotopic (exact) mass is 420 g/mol. The summed E-state index contributed by atoms with van der Waals surface area (Å²) >= 11 is 0. The van der Waals surface area contributed by atoms with Crippen molar-refractivity contribution in [3.05, 3.63) is 59.7 Å². The first-order chi connectivity index (χ1) is 13.8. The van der Waals surface area contributed by atoms with Crippen molar-refractivity contribution in [2.75, 3.05) is 26.9 Å². The van der Waals surface area contributed by atoms with Crippen molar-refractivity contribution in [2.24, 2.45) is 5.92 Å². The van der Waals surface area contributed by atoms with Gasteiger partial charge in [0.05, 0.1) is 18.1 Å². The average molecular weight is 421 g/mol. The van der Waals surface area contributed by atoms with Crippen LogP contribution in [-0.4, -0.2) is 41.2 Å². The summed E-state index contributed by atoms with van der Waals surface area (Å²) in [4.78, 5) is 12.6. The molecular weight excluding hydrogens is 392 g/mol. The van der Waals surface area contributed by atoms with E-state index in [1.165, 1.54) is 19.2 Å². The number of hydrogen-bond acceptors (Lipinski definition) is 5. The van der Waals surface area contributed by atoms with Crippen LogP contribution in [0.2, 0.25) is 0 Å². The van der Waals surface area contributed by atoms with Gasteiger partial charge in [-0.1, -0.05) is 32.0 Å². The molecule has 29 heavy (non-hydrogen) atoms. The molecule has 7 nitrogen and oxygen atoms in total. The normalized spacial score (nSPS) is 11.4. The molecule has 2 aromatic rings. The standard InChI is InChI=1S/C21H28N2O5S/c1-16(2)15-28-19-6-4-5-18(13-19)21(24)22-14-17-7-9-20(10-8-17)29(25,26)23-11-12-27-3/h4-10,13,16,23H,11-12,14-15H2,1-3H3,(H,22,24). The maximum absolute atomic E-state index is 12.4. The number of hydrogen-bond donors (Lipinski definition) is 2. The van der Waals surface area contributed by atoms with Crippen molar-refractivity contribution in [1.29, 1.82) is 0 Å². The lowest BCUT2D eigenvalue weighted by Gasteiger charge is -2.11. The molecule has 0 bridgehead atoms. The predicted octanol–water partition coefficient (Wildman–Crippen LogP) is 2.58. The molecule has 0 radical (unpaired) electrons. The molecule has 2 aromatic carbocycles. The van der Waals surface area contributed by atoms with Crippen LogP contribution in [0.15, 0.2) is 53.4 Å². The van der Waals surface area contributed by atoms with Crippen molar-refractivity contribution in [3.63, 3.8) is 0 Å². The summed E-state index contributed by atoms with van der Waals surface area (Å²) in [5.41, 5.74) is 1.30. The summed E-state index contributed by atoms with van der Waals surface area (Å²) in [7, 11) is -2.06. The minimum atomic E-state index is -3.57. The molecule has 0 spiro atoms. The van der Waals surface area contributed by atoms with Crippen LogP contribution in [0.5, 0.6) is 5.75 Å². The molecule has 0 fully saturated rings. The summed E-state index contributed by atoms with van der Waals surface area (Å²) in [5, 5.41) is 2.83. The number of carbonyl (C=O) groups excluding carboxylic acids is 1. The molecule has 158 valence electrons. The molecule has 0 saturated carbocycles. The van der Waals surface area contributed by atoms with Crippen molar-refractivity contribution in [1.82, 2.24) is 10.0 Å². The predicted molar refractivity (Wildman–Crippen MR) is 111 cm³/mol. The highest BCUT2D eigenvalue weighted by atomic mass is 32.2. The number of benzene rings is 2. The number of amides is 1. The molecule has 0 aliphatic heterocycles. The Labute approximate surface area is 172 Å². The molecule has 1 amide bonds. The first-order valence-electron chi connectivity index (χ1n) is 9.40. The zero-order chi connectivity index (χ0) is 21.3. The molecule has 0 saturated heterocycles. The maximum atomic E-state index is 12.4. The molecule has 2 N–H and O–H groups in total. The molecule has 2 rings (SSSR count). The van der Waals surface area contributed by atoms with Gasteiger partial charge >= 0.3 is 0 Å². The number of rotatable bonds is 11. The third-order valence-electron chi connectivity index (χ3n) is 3.96. The number of ether oxygens (including phenoxy) is 2. The van der Waals surface area contributed by atoms with Crippen LogP contribution in [0.3, 0.4) is 0 Å². The number of carbonyl (C=O) groups is 1. The molecule has 8 heteroatoms. The van der Waals surface area contributed by atoms with E-state index in [0.29, 0.717) is 30.4 Å². The van der Waals surface area contributed by atoms with E-state index in [4.69, 9.17) is 9.47 Å². The van der Waals surface area contributed by atoms with E-state index in [-0.39, 0.29) is 23.9 Å². The molecule has 0 heterocycles. The van der Waals surface area contributed by atoms with Crippen LogP contribution >= 0.6 is 0 Å². The van der Waals surface area contributed by atoms with Gasteiger partial charge < -0.3 is 14.8 Å². The number of sulfonamides is 1. The zero-order valence-corrected chi connectivity index (χ0v) is 17.8. The second kappa shape index (κ2) is 10.9. The SMILES string of the molecule is COCCNS(=O)(=O)c1ccc(CNC(=O)c2cccc(OCC(C)C)c2)cc1. The Hall–Kier alpha value is -2.42. The lowest BCUT2D eigenvalue weighted by molar-refractivity contribution is 0.0950. The third-order valence-corrected chi connectivity index (χ3v) is 5.44. The highest BCUT2D eigenvalue weighted by Gasteiger charge is 2.13. The lowest BCUT2D eigenvalue weighted by atomic mass is 10.2. The Morgan fingerprint density at radius 3 is 2.48 bits per heavy atom. The zero-order valence-electron chi connectivity index (χ0n) is 17.0. The largest absolute Gasteiger partial charge is 0.493 e. The highest BCUT2D eigenvalue weighted by Crippen LogP contribution is 2.15. The second-order valence-electron chi connectivity index (χ2n) is 6.95. The van der Waals surface area contributed by atoms with Crippen LogP contribution in [0.1, 0.15) is 29.8 Å². The Kier molecular flexibility index (Phi) is 8.63. The first-order valence-corrected chi connectivity index (χ1v) is 10.9.